The van der Waals surface area contributed by atoms with Crippen LogP contribution in [0.4, 0.5) is 0 Å². The van der Waals surface area contributed by atoms with Crippen molar-refractivity contribution >= 4 is 11.5 Å². The normalized spacial score (nSPS) is 18.7. The minimum Gasteiger partial charge on any atom is -0.465 e. The molecule has 0 amide bonds. The van der Waals surface area contributed by atoms with E-state index in [9.17, 15) is 4.79 Å². The van der Waals surface area contributed by atoms with Gasteiger partial charge in [-0.15, -0.1) is 0 Å². The first kappa shape index (κ1) is 13.7. The van der Waals surface area contributed by atoms with Crippen LogP contribution in [0.15, 0.2) is 36.0 Å². The lowest BCUT2D eigenvalue weighted by atomic mass is 10.0. The van der Waals surface area contributed by atoms with Gasteiger partial charge in [-0.3, -0.25) is 0 Å². The minimum atomic E-state index is -0.241. The van der Waals surface area contributed by atoms with Crippen LogP contribution in [-0.2, 0) is 9.53 Å². The van der Waals surface area contributed by atoms with Crippen molar-refractivity contribution in [3.8, 4) is 0 Å². The molecule has 0 aliphatic carbocycles. The SMILES string of the molecule is COC(=O)/C(=C1/CCCCCN1C)c1ccccc1. The summed E-state index contributed by atoms with van der Waals surface area (Å²) in [6.07, 6.45) is 4.48. The Kier molecular flexibility index (Phi) is 4.61. The van der Waals surface area contributed by atoms with Crippen LogP contribution in [0, 0.1) is 0 Å². The summed E-state index contributed by atoms with van der Waals surface area (Å²) in [6.45, 7) is 1.00. The van der Waals surface area contributed by atoms with Crippen LogP contribution in [0.3, 0.4) is 0 Å². The first-order chi connectivity index (χ1) is 9.24. The standard InChI is InChI=1S/C16H21NO2/c1-17-12-8-4-7-11-14(17)15(16(18)19-2)13-9-5-3-6-10-13/h3,5-6,9-10H,4,7-8,11-12H2,1-2H3/b15-14-. The van der Waals surface area contributed by atoms with Crippen molar-refractivity contribution in [2.75, 3.05) is 20.7 Å². The zero-order chi connectivity index (χ0) is 13.7. The molecule has 0 aromatic heterocycles. The van der Waals surface area contributed by atoms with Gasteiger partial charge in [0.1, 0.15) is 0 Å². The second-order valence-electron chi connectivity index (χ2n) is 4.91. The highest BCUT2D eigenvalue weighted by Gasteiger charge is 2.21. The molecule has 0 N–H and O–H groups in total. The predicted molar refractivity (Wildman–Crippen MR) is 76.5 cm³/mol. The van der Waals surface area contributed by atoms with Gasteiger partial charge in [-0.1, -0.05) is 36.8 Å². The molecule has 1 aromatic rings. The van der Waals surface area contributed by atoms with Crippen molar-refractivity contribution in [3.05, 3.63) is 41.6 Å². The van der Waals surface area contributed by atoms with Crippen LogP contribution in [0.25, 0.3) is 5.57 Å². The molecule has 0 spiro atoms. The third-order valence-electron chi connectivity index (χ3n) is 3.61. The fourth-order valence-corrected chi connectivity index (χ4v) is 2.57. The number of esters is 1. The molecule has 1 fully saturated rings. The average Bonchev–Trinajstić information content (AvgIpc) is 2.66. The van der Waals surface area contributed by atoms with Gasteiger partial charge in [0.2, 0.25) is 0 Å². The fraction of sp³-hybridized carbons (Fsp3) is 0.438. The smallest absolute Gasteiger partial charge is 0.340 e. The molecule has 0 bridgehead atoms. The van der Waals surface area contributed by atoms with E-state index in [2.05, 4.69) is 11.9 Å². The molecule has 0 radical (unpaired) electrons. The Balaban J connectivity index is 2.49. The highest BCUT2D eigenvalue weighted by atomic mass is 16.5. The van der Waals surface area contributed by atoms with Crippen LogP contribution in [0.5, 0.6) is 0 Å². The number of carbonyl (C=O) groups is 1. The van der Waals surface area contributed by atoms with E-state index < -0.39 is 0 Å². The summed E-state index contributed by atoms with van der Waals surface area (Å²) >= 11 is 0. The average molecular weight is 259 g/mol. The Morgan fingerprint density at radius 1 is 1.16 bits per heavy atom. The largest absolute Gasteiger partial charge is 0.465 e. The van der Waals surface area contributed by atoms with Gasteiger partial charge < -0.3 is 9.64 Å². The molecule has 0 unspecified atom stereocenters. The van der Waals surface area contributed by atoms with Crippen molar-refractivity contribution < 1.29 is 9.53 Å². The molecular formula is C16H21NO2. The first-order valence-corrected chi connectivity index (χ1v) is 6.82. The number of methoxy groups -OCH3 is 1. The van der Waals surface area contributed by atoms with Crippen LogP contribution < -0.4 is 0 Å². The van der Waals surface area contributed by atoms with Gasteiger partial charge in [0.15, 0.2) is 0 Å². The van der Waals surface area contributed by atoms with E-state index in [1.54, 1.807) is 0 Å². The van der Waals surface area contributed by atoms with E-state index in [0.29, 0.717) is 5.57 Å². The van der Waals surface area contributed by atoms with Gasteiger partial charge in [-0.25, -0.2) is 4.79 Å². The summed E-state index contributed by atoms with van der Waals surface area (Å²) in [4.78, 5) is 14.4. The number of carbonyl (C=O) groups excluding carboxylic acids is 1. The van der Waals surface area contributed by atoms with Crippen molar-refractivity contribution in [1.29, 1.82) is 0 Å². The molecule has 19 heavy (non-hydrogen) atoms. The molecule has 3 nitrogen and oxygen atoms in total. The highest BCUT2D eigenvalue weighted by molar-refractivity contribution is 6.17. The van der Waals surface area contributed by atoms with Crippen molar-refractivity contribution in [3.63, 3.8) is 0 Å². The third-order valence-corrected chi connectivity index (χ3v) is 3.61. The van der Waals surface area contributed by atoms with Crippen molar-refractivity contribution in [2.45, 2.75) is 25.7 Å². The van der Waals surface area contributed by atoms with E-state index >= 15 is 0 Å². The predicted octanol–water partition coefficient (Wildman–Crippen LogP) is 3.08. The second-order valence-corrected chi connectivity index (χ2v) is 4.91. The lowest BCUT2D eigenvalue weighted by Crippen LogP contribution is -2.21. The van der Waals surface area contributed by atoms with Gasteiger partial charge in [-0.2, -0.15) is 0 Å². The van der Waals surface area contributed by atoms with Gasteiger partial charge in [0.05, 0.1) is 12.7 Å². The first-order valence-electron chi connectivity index (χ1n) is 6.82. The molecule has 2 rings (SSSR count). The number of likely N-dealkylation sites (tertiary alicyclic amines) is 1. The summed E-state index contributed by atoms with van der Waals surface area (Å²) in [7, 11) is 3.51. The monoisotopic (exact) mass is 259 g/mol. The highest BCUT2D eigenvalue weighted by Crippen LogP contribution is 2.28. The van der Waals surface area contributed by atoms with Crippen molar-refractivity contribution in [2.24, 2.45) is 0 Å². The van der Waals surface area contributed by atoms with E-state index in [-0.39, 0.29) is 5.97 Å². The van der Waals surface area contributed by atoms with E-state index in [1.807, 2.05) is 30.3 Å². The molecule has 1 aliphatic rings. The van der Waals surface area contributed by atoms with Gasteiger partial charge in [-0.05, 0) is 24.8 Å². The summed E-state index contributed by atoms with van der Waals surface area (Å²) in [5, 5.41) is 0. The van der Waals surface area contributed by atoms with Crippen LogP contribution >= 0.6 is 0 Å². The van der Waals surface area contributed by atoms with Gasteiger partial charge in [0.25, 0.3) is 0 Å². The van der Waals surface area contributed by atoms with Crippen LogP contribution in [-0.4, -0.2) is 31.6 Å². The fourth-order valence-electron chi connectivity index (χ4n) is 2.57. The molecule has 1 heterocycles. The number of benzene rings is 1. The topological polar surface area (TPSA) is 29.5 Å². The number of hydrogen-bond acceptors (Lipinski definition) is 3. The maximum atomic E-state index is 12.2. The number of nitrogens with zero attached hydrogens (tertiary/aromatic N) is 1. The van der Waals surface area contributed by atoms with Crippen molar-refractivity contribution in [1.82, 2.24) is 4.90 Å². The van der Waals surface area contributed by atoms with E-state index in [1.165, 1.54) is 20.0 Å². The number of hydrogen-bond donors (Lipinski definition) is 0. The lowest BCUT2D eigenvalue weighted by Gasteiger charge is -2.23. The van der Waals surface area contributed by atoms with Crippen LogP contribution in [0.1, 0.15) is 31.2 Å². The number of ether oxygens (including phenoxy) is 1. The summed E-state index contributed by atoms with van der Waals surface area (Å²) in [6, 6.07) is 9.81. The van der Waals surface area contributed by atoms with Gasteiger partial charge >= 0.3 is 5.97 Å². The maximum absolute atomic E-state index is 12.2. The Bertz CT molecular complexity index is 465. The minimum absolute atomic E-state index is 0.241. The van der Waals surface area contributed by atoms with Crippen LogP contribution in [0.2, 0.25) is 0 Å². The Morgan fingerprint density at radius 3 is 2.58 bits per heavy atom. The lowest BCUT2D eigenvalue weighted by molar-refractivity contribution is -0.133. The second kappa shape index (κ2) is 6.41. The quantitative estimate of drug-likeness (QED) is 0.604. The molecule has 1 aliphatic heterocycles. The Morgan fingerprint density at radius 2 is 1.89 bits per heavy atom. The molecule has 1 saturated heterocycles. The Hall–Kier alpha value is -1.77. The third kappa shape index (κ3) is 3.16. The number of allylic oxidation sites excluding steroid dienone is 1. The molecule has 0 atom stereocenters. The van der Waals surface area contributed by atoms with E-state index in [0.717, 1.165) is 30.6 Å². The molecule has 0 saturated carbocycles. The zero-order valence-electron chi connectivity index (χ0n) is 11.7. The molecule has 3 heteroatoms. The number of rotatable bonds is 2. The molecule has 102 valence electrons. The molecular weight excluding hydrogens is 238 g/mol. The van der Waals surface area contributed by atoms with E-state index in [4.69, 9.17) is 4.74 Å². The summed E-state index contributed by atoms with van der Waals surface area (Å²) in [5.74, 6) is -0.241. The maximum Gasteiger partial charge on any atom is 0.340 e. The van der Waals surface area contributed by atoms with Gasteiger partial charge in [0, 0.05) is 19.3 Å². The Labute approximate surface area is 114 Å². The zero-order valence-corrected chi connectivity index (χ0v) is 11.7. The summed E-state index contributed by atoms with van der Waals surface area (Å²) < 4.78 is 4.99. The molecule has 1 aromatic carbocycles. The summed E-state index contributed by atoms with van der Waals surface area (Å²) in [5.41, 5.74) is 2.76.